The highest BCUT2D eigenvalue weighted by Gasteiger charge is 2.21. The average molecular weight is 186 g/mol. The average Bonchev–Trinajstić information content (AvgIpc) is 2.08. The molecule has 0 aromatic carbocycles. The molecular formula is C8H14N2O3. The zero-order valence-electron chi connectivity index (χ0n) is 7.32. The maximum absolute atomic E-state index is 10.3. The highest BCUT2D eigenvalue weighted by molar-refractivity contribution is 5.64. The topological polar surface area (TPSA) is 78.4 Å². The van der Waals surface area contributed by atoms with Crippen LogP contribution in [0.2, 0.25) is 0 Å². The van der Waals surface area contributed by atoms with Gasteiger partial charge in [-0.15, -0.1) is 0 Å². The van der Waals surface area contributed by atoms with Gasteiger partial charge < -0.3 is 15.7 Å². The first-order chi connectivity index (χ1) is 6.22. The zero-order chi connectivity index (χ0) is 9.68. The lowest BCUT2D eigenvalue weighted by Crippen LogP contribution is -2.41. The number of nitrogens with one attached hydrogen (secondary N) is 2. The molecule has 74 valence electrons. The number of carboxylic acid groups (broad SMARTS) is 1. The summed E-state index contributed by atoms with van der Waals surface area (Å²) in [6, 6.07) is 0.284. The van der Waals surface area contributed by atoms with Gasteiger partial charge in [0.05, 0.1) is 0 Å². The summed E-state index contributed by atoms with van der Waals surface area (Å²) in [4.78, 5) is 20.4. The van der Waals surface area contributed by atoms with Gasteiger partial charge in [-0.3, -0.25) is 4.79 Å². The van der Waals surface area contributed by atoms with Crippen LogP contribution in [0.4, 0.5) is 4.79 Å². The van der Waals surface area contributed by atoms with Crippen molar-refractivity contribution < 1.29 is 14.7 Å². The van der Waals surface area contributed by atoms with E-state index in [1.165, 1.54) is 0 Å². The van der Waals surface area contributed by atoms with Crippen LogP contribution in [0.15, 0.2) is 0 Å². The molecule has 5 nitrogen and oxygen atoms in total. The minimum atomic E-state index is -0.966. The van der Waals surface area contributed by atoms with Crippen LogP contribution in [-0.4, -0.2) is 29.7 Å². The van der Waals surface area contributed by atoms with E-state index < -0.39 is 6.09 Å². The SMILES string of the molecule is O=CNC1CCC(NC(=O)O)CC1. The summed E-state index contributed by atoms with van der Waals surface area (Å²) in [7, 11) is 0. The summed E-state index contributed by atoms with van der Waals surface area (Å²) in [5, 5.41) is 13.6. The lowest BCUT2D eigenvalue weighted by atomic mass is 9.91. The van der Waals surface area contributed by atoms with Gasteiger partial charge >= 0.3 is 6.09 Å². The van der Waals surface area contributed by atoms with Crippen molar-refractivity contribution in [3.8, 4) is 0 Å². The molecule has 0 unspecified atom stereocenters. The lowest BCUT2D eigenvalue weighted by Gasteiger charge is -2.27. The monoisotopic (exact) mass is 186 g/mol. The third-order valence-electron chi connectivity index (χ3n) is 2.36. The van der Waals surface area contributed by atoms with Crippen molar-refractivity contribution in [2.24, 2.45) is 0 Å². The van der Waals surface area contributed by atoms with E-state index >= 15 is 0 Å². The number of carbonyl (C=O) groups is 2. The maximum Gasteiger partial charge on any atom is 0.404 e. The normalized spacial score (nSPS) is 27.7. The van der Waals surface area contributed by atoms with Crippen LogP contribution in [0.3, 0.4) is 0 Å². The fourth-order valence-corrected chi connectivity index (χ4v) is 1.68. The van der Waals surface area contributed by atoms with E-state index in [1.54, 1.807) is 0 Å². The molecule has 0 saturated heterocycles. The minimum absolute atomic E-state index is 0.0576. The number of hydrogen-bond donors (Lipinski definition) is 3. The molecule has 1 aliphatic carbocycles. The van der Waals surface area contributed by atoms with Crippen molar-refractivity contribution in [2.45, 2.75) is 37.8 Å². The van der Waals surface area contributed by atoms with Crippen molar-refractivity contribution in [1.29, 1.82) is 0 Å². The van der Waals surface area contributed by atoms with Crippen LogP contribution in [-0.2, 0) is 4.79 Å². The molecule has 0 bridgehead atoms. The summed E-state index contributed by atoms with van der Waals surface area (Å²) in [5.74, 6) is 0. The van der Waals surface area contributed by atoms with Crippen LogP contribution >= 0.6 is 0 Å². The third kappa shape index (κ3) is 3.31. The van der Waals surface area contributed by atoms with Gasteiger partial charge in [0.2, 0.25) is 6.41 Å². The summed E-state index contributed by atoms with van der Waals surface area (Å²) in [6.07, 6.45) is 3.05. The summed E-state index contributed by atoms with van der Waals surface area (Å²) < 4.78 is 0. The van der Waals surface area contributed by atoms with Crippen molar-refractivity contribution >= 4 is 12.5 Å². The van der Waals surface area contributed by atoms with Gasteiger partial charge in [-0.05, 0) is 25.7 Å². The van der Waals surface area contributed by atoms with E-state index in [2.05, 4.69) is 10.6 Å². The summed E-state index contributed by atoms with van der Waals surface area (Å²) >= 11 is 0. The first kappa shape index (κ1) is 9.83. The van der Waals surface area contributed by atoms with E-state index in [0.29, 0.717) is 6.41 Å². The molecule has 1 saturated carbocycles. The molecular weight excluding hydrogens is 172 g/mol. The van der Waals surface area contributed by atoms with Gasteiger partial charge in [0, 0.05) is 12.1 Å². The predicted octanol–water partition coefficient (Wildman–Crippen LogP) is 0.311. The van der Waals surface area contributed by atoms with E-state index in [-0.39, 0.29) is 12.1 Å². The highest BCUT2D eigenvalue weighted by atomic mass is 16.4. The van der Waals surface area contributed by atoms with Gasteiger partial charge in [0.25, 0.3) is 0 Å². The Morgan fingerprint density at radius 3 is 2.23 bits per heavy atom. The molecule has 1 rings (SSSR count). The Labute approximate surface area is 76.5 Å². The Kier molecular flexibility index (Phi) is 3.54. The zero-order valence-corrected chi connectivity index (χ0v) is 7.32. The molecule has 1 fully saturated rings. The Hall–Kier alpha value is -1.26. The molecule has 0 atom stereocenters. The van der Waals surface area contributed by atoms with Crippen LogP contribution in [0.5, 0.6) is 0 Å². The standard InChI is InChI=1S/C8H14N2O3/c11-5-9-6-1-3-7(4-2-6)10-8(12)13/h5-7,10H,1-4H2,(H,9,11)(H,12,13). The predicted molar refractivity (Wildman–Crippen MR) is 46.4 cm³/mol. The molecule has 1 aliphatic rings. The highest BCUT2D eigenvalue weighted by Crippen LogP contribution is 2.17. The van der Waals surface area contributed by atoms with Crippen molar-refractivity contribution in [1.82, 2.24) is 10.6 Å². The molecule has 0 aliphatic heterocycles. The molecule has 0 heterocycles. The molecule has 0 aromatic heterocycles. The van der Waals surface area contributed by atoms with Crippen LogP contribution in [0.1, 0.15) is 25.7 Å². The first-order valence-corrected chi connectivity index (χ1v) is 4.41. The number of hydrogen-bond acceptors (Lipinski definition) is 2. The molecule has 0 spiro atoms. The molecule has 13 heavy (non-hydrogen) atoms. The maximum atomic E-state index is 10.3. The van der Waals surface area contributed by atoms with Crippen molar-refractivity contribution in [3.63, 3.8) is 0 Å². The Morgan fingerprint density at radius 2 is 1.77 bits per heavy atom. The van der Waals surface area contributed by atoms with Crippen LogP contribution < -0.4 is 10.6 Å². The van der Waals surface area contributed by atoms with E-state index in [4.69, 9.17) is 5.11 Å². The van der Waals surface area contributed by atoms with Gasteiger partial charge in [0.15, 0.2) is 0 Å². The Bertz CT molecular complexity index is 188. The Morgan fingerprint density at radius 1 is 1.23 bits per heavy atom. The first-order valence-electron chi connectivity index (χ1n) is 4.41. The number of carbonyl (C=O) groups excluding carboxylic acids is 1. The molecule has 5 heteroatoms. The summed E-state index contributed by atoms with van der Waals surface area (Å²) in [6.45, 7) is 0. The fraction of sp³-hybridized carbons (Fsp3) is 0.750. The van der Waals surface area contributed by atoms with Gasteiger partial charge in [0.1, 0.15) is 0 Å². The minimum Gasteiger partial charge on any atom is -0.465 e. The second kappa shape index (κ2) is 4.69. The molecule has 0 aromatic rings. The fourth-order valence-electron chi connectivity index (χ4n) is 1.68. The summed E-state index contributed by atoms with van der Waals surface area (Å²) in [5.41, 5.74) is 0. The second-order valence-corrected chi connectivity index (χ2v) is 3.28. The number of amides is 2. The molecule has 2 amide bonds. The van der Waals surface area contributed by atoms with Crippen molar-refractivity contribution in [2.75, 3.05) is 0 Å². The smallest absolute Gasteiger partial charge is 0.404 e. The third-order valence-corrected chi connectivity index (χ3v) is 2.36. The van der Waals surface area contributed by atoms with Gasteiger partial charge in [-0.2, -0.15) is 0 Å². The number of rotatable bonds is 3. The second-order valence-electron chi connectivity index (χ2n) is 3.28. The van der Waals surface area contributed by atoms with E-state index in [9.17, 15) is 9.59 Å². The van der Waals surface area contributed by atoms with E-state index in [1.807, 2.05) is 0 Å². The lowest BCUT2D eigenvalue weighted by molar-refractivity contribution is -0.110. The van der Waals surface area contributed by atoms with E-state index in [0.717, 1.165) is 25.7 Å². The van der Waals surface area contributed by atoms with Crippen molar-refractivity contribution in [3.05, 3.63) is 0 Å². The van der Waals surface area contributed by atoms with Crippen LogP contribution in [0, 0.1) is 0 Å². The van der Waals surface area contributed by atoms with Gasteiger partial charge in [-0.25, -0.2) is 4.79 Å². The molecule has 3 N–H and O–H groups in total. The Balaban J connectivity index is 2.22. The van der Waals surface area contributed by atoms with Gasteiger partial charge in [-0.1, -0.05) is 0 Å². The van der Waals surface area contributed by atoms with Crippen LogP contribution in [0.25, 0.3) is 0 Å². The quantitative estimate of drug-likeness (QED) is 0.555. The largest absolute Gasteiger partial charge is 0.465 e. The molecule has 0 radical (unpaired) electrons.